The van der Waals surface area contributed by atoms with Gasteiger partial charge in [-0.05, 0) is 36.6 Å². The minimum Gasteiger partial charge on any atom is -0.294 e. The van der Waals surface area contributed by atoms with Crippen molar-refractivity contribution in [2.45, 2.75) is 26.7 Å². The highest BCUT2D eigenvalue weighted by atomic mass is 19.1. The van der Waals surface area contributed by atoms with Crippen LogP contribution in [0.3, 0.4) is 0 Å². The molecule has 0 radical (unpaired) electrons. The normalized spacial score (nSPS) is 10.8. The average Bonchev–Trinajstić information content (AvgIpc) is 2.39. The van der Waals surface area contributed by atoms with E-state index >= 15 is 0 Å². The molecule has 0 aliphatic rings. The lowest BCUT2D eigenvalue weighted by Crippen LogP contribution is -2.01. The molecule has 0 bridgehead atoms. The number of benzene rings is 1. The highest BCUT2D eigenvalue weighted by Gasteiger charge is 2.14. The summed E-state index contributed by atoms with van der Waals surface area (Å²) in [4.78, 5) is 11.4. The number of hydrogen-bond acceptors (Lipinski definition) is 3. The lowest BCUT2D eigenvalue weighted by Gasteiger charge is -2.11. The van der Waals surface area contributed by atoms with Crippen molar-refractivity contribution < 1.29 is 9.18 Å². The molecule has 0 atom stereocenters. The smallest absolute Gasteiger partial charge is 0.162 e. The Bertz CT molecular complexity index is 623. The molecule has 0 unspecified atom stereocenters. The van der Waals surface area contributed by atoms with Crippen LogP contribution in [0.15, 0.2) is 30.5 Å². The van der Waals surface area contributed by atoms with Crippen molar-refractivity contribution in [2.75, 3.05) is 0 Å². The van der Waals surface area contributed by atoms with Gasteiger partial charge in [-0.15, -0.1) is 0 Å². The molecule has 1 aromatic carbocycles. The number of aromatic nitrogens is 2. The first-order valence-electron chi connectivity index (χ1n) is 6.13. The first-order chi connectivity index (χ1) is 9.00. The molecule has 0 fully saturated rings. The summed E-state index contributed by atoms with van der Waals surface area (Å²) in [6.07, 6.45) is 1.60. The molecular weight excluding hydrogens is 243 g/mol. The Morgan fingerprint density at radius 2 is 2.00 bits per heavy atom. The van der Waals surface area contributed by atoms with Crippen LogP contribution in [-0.4, -0.2) is 16.0 Å². The Hall–Kier alpha value is -2.10. The van der Waals surface area contributed by atoms with Gasteiger partial charge in [0.1, 0.15) is 5.82 Å². The van der Waals surface area contributed by atoms with Gasteiger partial charge >= 0.3 is 0 Å². The molecule has 3 nitrogen and oxygen atoms in total. The number of nitrogens with zero attached hydrogens (tertiary/aromatic N) is 2. The third kappa shape index (κ3) is 2.67. The maximum Gasteiger partial charge on any atom is 0.162 e. The van der Waals surface area contributed by atoms with Gasteiger partial charge in [-0.2, -0.15) is 10.2 Å². The zero-order chi connectivity index (χ0) is 14.0. The largest absolute Gasteiger partial charge is 0.294 e. The zero-order valence-corrected chi connectivity index (χ0v) is 11.1. The summed E-state index contributed by atoms with van der Waals surface area (Å²) in [5.74, 6) is -0.577. The Labute approximate surface area is 111 Å². The maximum absolute atomic E-state index is 13.5. The summed E-state index contributed by atoms with van der Waals surface area (Å²) >= 11 is 0. The minimum absolute atomic E-state index is 0.101. The fourth-order valence-electron chi connectivity index (χ4n) is 1.98. The van der Waals surface area contributed by atoms with Crippen LogP contribution in [0, 0.1) is 5.82 Å². The van der Waals surface area contributed by atoms with Gasteiger partial charge in [0, 0.05) is 5.56 Å². The van der Waals surface area contributed by atoms with Gasteiger partial charge < -0.3 is 0 Å². The molecule has 1 heterocycles. The van der Waals surface area contributed by atoms with Gasteiger partial charge in [-0.1, -0.05) is 19.9 Å². The second-order valence-corrected chi connectivity index (χ2v) is 4.74. The van der Waals surface area contributed by atoms with Crippen LogP contribution in [0.2, 0.25) is 0 Å². The Balaban J connectivity index is 2.60. The maximum atomic E-state index is 13.5. The van der Waals surface area contributed by atoms with E-state index in [1.807, 2.05) is 19.9 Å². The highest BCUT2D eigenvalue weighted by Crippen LogP contribution is 2.28. The molecule has 0 saturated heterocycles. The molecule has 4 heteroatoms. The van der Waals surface area contributed by atoms with Crippen molar-refractivity contribution >= 4 is 5.78 Å². The summed E-state index contributed by atoms with van der Waals surface area (Å²) in [5.41, 5.74) is 2.60. The Kier molecular flexibility index (Phi) is 3.69. The lowest BCUT2D eigenvalue weighted by molar-refractivity contribution is 0.101. The third-order valence-electron chi connectivity index (χ3n) is 2.95. The summed E-state index contributed by atoms with van der Waals surface area (Å²) in [6.45, 7) is 5.39. The van der Waals surface area contributed by atoms with E-state index in [-0.39, 0.29) is 17.3 Å². The van der Waals surface area contributed by atoms with Gasteiger partial charge in [0.15, 0.2) is 5.78 Å². The van der Waals surface area contributed by atoms with Gasteiger partial charge in [0.2, 0.25) is 0 Å². The molecule has 0 N–H and O–H groups in total. The summed E-state index contributed by atoms with van der Waals surface area (Å²) < 4.78 is 13.5. The first-order valence-corrected chi connectivity index (χ1v) is 6.13. The van der Waals surface area contributed by atoms with E-state index in [2.05, 4.69) is 10.2 Å². The van der Waals surface area contributed by atoms with Crippen molar-refractivity contribution in [1.29, 1.82) is 0 Å². The number of halogens is 1. The SMILES string of the molecule is CC(=O)c1cc(-c2ccnnc2C(C)C)ccc1F. The molecule has 0 spiro atoms. The molecule has 19 heavy (non-hydrogen) atoms. The van der Waals surface area contributed by atoms with Gasteiger partial charge in [0.25, 0.3) is 0 Å². The third-order valence-corrected chi connectivity index (χ3v) is 2.95. The van der Waals surface area contributed by atoms with Crippen molar-refractivity contribution in [3.05, 3.63) is 47.5 Å². The van der Waals surface area contributed by atoms with E-state index in [4.69, 9.17) is 0 Å². The van der Waals surface area contributed by atoms with E-state index in [1.54, 1.807) is 18.3 Å². The number of ketones is 1. The van der Waals surface area contributed by atoms with E-state index in [0.717, 1.165) is 16.8 Å². The molecule has 2 rings (SSSR count). The van der Waals surface area contributed by atoms with Crippen LogP contribution in [0.5, 0.6) is 0 Å². The minimum atomic E-state index is -0.496. The predicted molar refractivity (Wildman–Crippen MR) is 71.5 cm³/mol. The highest BCUT2D eigenvalue weighted by molar-refractivity contribution is 5.95. The fourth-order valence-corrected chi connectivity index (χ4v) is 1.98. The fraction of sp³-hybridized carbons (Fsp3) is 0.267. The number of rotatable bonds is 3. The van der Waals surface area contributed by atoms with Crippen LogP contribution in [-0.2, 0) is 0 Å². The molecule has 0 aliphatic carbocycles. The molecule has 0 saturated carbocycles. The quantitative estimate of drug-likeness (QED) is 0.790. The molecular formula is C15H15FN2O. The molecule has 0 aliphatic heterocycles. The van der Waals surface area contributed by atoms with Crippen molar-refractivity contribution in [1.82, 2.24) is 10.2 Å². The summed E-state index contributed by atoms with van der Waals surface area (Å²) in [6, 6.07) is 6.38. The van der Waals surface area contributed by atoms with E-state index in [9.17, 15) is 9.18 Å². The van der Waals surface area contributed by atoms with Crippen molar-refractivity contribution in [3.8, 4) is 11.1 Å². The molecule has 98 valence electrons. The number of carbonyl (C=O) groups is 1. The van der Waals surface area contributed by atoms with Crippen molar-refractivity contribution in [3.63, 3.8) is 0 Å². The number of carbonyl (C=O) groups excluding carboxylic acids is 1. The topological polar surface area (TPSA) is 42.9 Å². The second kappa shape index (κ2) is 5.26. The zero-order valence-electron chi connectivity index (χ0n) is 11.1. The second-order valence-electron chi connectivity index (χ2n) is 4.74. The molecule has 0 amide bonds. The Morgan fingerprint density at radius 1 is 1.26 bits per heavy atom. The van der Waals surface area contributed by atoms with Crippen LogP contribution in [0.4, 0.5) is 4.39 Å². The van der Waals surface area contributed by atoms with Crippen LogP contribution in [0.1, 0.15) is 42.7 Å². The van der Waals surface area contributed by atoms with E-state index in [1.165, 1.54) is 13.0 Å². The van der Waals surface area contributed by atoms with Gasteiger partial charge in [-0.3, -0.25) is 4.79 Å². The molecule has 2 aromatic rings. The monoisotopic (exact) mass is 258 g/mol. The Morgan fingerprint density at radius 3 is 2.63 bits per heavy atom. The standard InChI is InChI=1S/C15H15FN2O/c1-9(2)15-12(6-7-17-18-15)11-4-5-14(16)13(8-11)10(3)19/h4-9H,1-3H3. The van der Waals surface area contributed by atoms with E-state index in [0.29, 0.717) is 0 Å². The number of hydrogen-bond donors (Lipinski definition) is 0. The number of Topliss-reactive ketones (excluding diaryl/α,β-unsaturated/α-hetero) is 1. The first kappa shape index (κ1) is 13.3. The van der Waals surface area contributed by atoms with Crippen LogP contribution >= 0.6 is 0 Å². The molecule has 1 aromatic heterocycles. The summed E-state index contributed by atoms with van der Waals surface area (Å²) in [7, 11) is 0. The van der Waals surface area contributed by atoms with Gasteiger partial charge in [-0.25, -0.2) is 4.39 Å². The summed E-state index contributed by atoms with van der Waals surface area (Å²) in [5, 5.41) is 8.00. The lowest BCUT2D eigenvalue weighted by atomic mass is 9.96. The van der Waals surface area contributed by atoms with E-state index < -0.39 is 5.82 Å². The van der Waals surface area contributed by atoms with Crippen LogP contribution < -0.4 is 0 Å². The average molecular weight is 258 g/mol. The van der Waals surface area contributed by atoms with Crippen molar-refractivity contribution in [2.24, 2.45) is 0 Å². The predicted octanol–water partition coefficient (Wildman–Crippen LogP) is 3.61. The van der Waals surface area contributed by atoms with Gasteiger partial charge in [0.05, 0.1) is 17.5 Å². The van der Waals surface area contributed by atoms with Crippen LogP contribution in [0.25, 0.3) is 11.1 Å².